The first kappa shape index (κ1) is 29.7. The number of rotatable bonds is 4. The quantitative estimate of drug-likeness (QED) is 0.493. The minimum absolute atomic E-state index is 0. The molecule has 4 aliphatic carbocycles. The maximum absolute atomic E-state index is 2.62. The molecule has 38 heavy (non-hydrogen) atoms. The maximum atomic E-state index is 2.62. The third-order valence-corrected chi connectivity index (χ3v) is 14.9. The Labute approximate surface area is 253 Å². The van der Waals surface area contributed by atoms with E-state index in [0.29, 0.717) is 5.92 Å². The molecule has 7 unspecified atom stereocenters. The molecule has 2 aromatic rings. The Balaban J connectivity index is 0.00000168. The summed E-state index contributed by atoms with van der Waals surface area (Å²) in [6.07, 6.45) is 14.2. The Kier molecular flexibility index (Phi) is 9.77. The smallest absolute Gasteiger partial charge is 1.00 e. The predicted octanol–water partition coefficient (Wildman–Crippen LogP) is 2.84. The summed E-state index contributed by atoms with van der Waals surface area (Å²) >= 11 is -0.933. The molecule has 0 spiro atoms. The summed E-state index contributed by atoms with van der Waals surface area (Å²) in [6.45, 7) is 9.70. The van der Waals surface area contributed by atoms with E-state index < -0.39 is 22.8 Å². The van der Waals surface area contributed by atoms with Crippen LogP contribution in [0, 0.1) is 35.5 Å². The summed E-state index contributed by atoms with van der Waals surface area (Å²) in [5, 5.41) is 0. The van der Waals surface area contributed by atoms with Crippen LogP contribution < -0.4 is 24.8 Å². The van der Waals surface area contributed by atoms with Gasteiger partial charge in [-0.05, 0) is 0 Å². The van der Waals surface area contributed by atoms with Gasteiger partial charge in [-0.25, -0.2) is 0 Å². The third kappa shape index (κ3) is 5.13. The van der Waals surface area contributed by atoms with Crippen LogP contribution in [0.5, 0.6) is 0 Å². The summed E-state index contributed by atoms with van der Waals surface area (Å²) in [7, 11) is 0. The van der Waals surface area contributed by atoms with Gasteiger partial charge < -0.3 is 24.8 Å². The van der Waals surface area contributed by atoms with Gasteiger partial charge in [0, 0.05) is 0 Å². The molecule has 0 nitrogen and oxygen atoms in total. The van der Waals surface area contributed by atoms with Crippen LogP contribution in [0.15, 0.2) is 107 Å². The second kappa shape index (κ2) is 12.5. The maximum Gasteiger partial charge on any atom is -1.00 e. The van der Waals surface area contributed by atoms with Crippen molar-refractivity contribution in [2.24, 2.45) is 35.5 Å². The number of hydrogen-bond donors (Lipinski definition) is 0. The first-order chi connectivity index (χ1) is 17.6. The normalized spacial score (nSPS) is 31.2. The van der Waals surface area contributed by atoms with Crippen molar-refractivity contribution in [2.75, 3.05) is 0 Å². The van der Waals surface area contributed by atoms with Crippen LogP contribution >= 0.6 is 0 Å². The van der Waals surface area contributed by atoms with Gasteiger partial charge in [0.15, 0.2) is 0 Å². The standard InChI is InChI=1S/C22H29.C13H10.2ClH.Zr/c1-13-14(2)16(4)22(15(13)3)20-11-7-10-19-18-9-6-5-8-17(18)12-21(19)20;1-3-7-12(8-4-1)11-13-9-5-2-6-10-13;;;/h5-6,8-9,12,15,17-21H,7,10-11H2,1-4H3;1-10H;2*1H;/q;;;;+2/p-2. The van der Waals surface area contributed by atoms with Crippen LogP contribution in [0.4, 0.5) is 0 Å². The van der Waals surface area contributed by atoms with E-state index in [0.717, 1.165) is 33.2 Å². The van der Waals surface area contributed by atoms with E-state index in [1.165, 1.54) is 30.4 Å². The number of fused-ring (bicyclic) bond motifs is 3. The summed E-state index contributed by atoms with van der Waals surface area (Å²) < 4.78 is 2.55. The molecule has 0 bridgehead atoms. The van der Waals surface area contributed by atoms with Gasteiger partial charge in [-0.3, -0.25) is 0 Å². The van der Waals surface area contributed by atoms with E-state index in [1.54, 1.807) is 19.9 Å². The fourth-order valence-electron chi connectivity index (χ4n) is 8.17. The van der Waals surface area contributed by atoms with Crippen LogP contribution in [0.2, 0.25) is 3.63 Å². The molecule has 0 heterocycles. The number of halogens is 2. The van der Waals surface area contributed by atoms with Gasteiger partial charge in [-0.2, -0.15) is 0 Å². The van der Waals surface area contributed by atoms with E-state index in [1.807, 2.05) is 5.57 Å². The van der Waals surface area contributed by atoms with Crippen molar-refractivity contribution in [3.8, 4) is 0 Å². The van der Waals surface area contributed by atoms with E-state index in [2.05, 4.69) is 113 Å². The van der Waals surface area contributed by atoms with E-state index >= 15 is 0 Å². The van der Waals surface area contributed by atoms with E-state index in [4.69, 9.17) is 0 Å². The van der Waals surface area contributed by atoms with E-state index in [-0.39, 0.29) is 24.8 Å². The topological polar surface area (TPSA) is 0 Å². The Morgan fingerprint density at radius 2 is 1.32 bits per heavy atom. The molecular formula is C35H39Cl2Zr. The summed E-state index contributed by atoms with van der Waals surface area (Å²) in [6, 6.07) is 22.7. The monoisotopic (exact) mass is 619 g/mol. The minimum atomic E-state index is -0.933. The molecule has 0 radical (unpaired) electrons. The average Bonchev–Trinajstić information content (AvgIpc) is 3.35. The van der Waals surface area contributed by atoms with Crippen molar-refractivity contribution in [1.29, 1.82) is 0 Å². The molecular weight excluding hydrogens is 583 g/mol. The van der Waals surface area contributed by atoms with Crippen molar-refractivity contribution < 1.29 is 47.6 Å². The Morgan fingerprint density at radius 3 is 1.87 bits per heavy atom. The molecule has 0 amide bonds. The molecule has 2 aromatic carbocycles. The van der Waals surface area contributed by atoms with Crippen LogP contribution in [-0.4, -0.2) is 3.21 Å². The Bertz CT molecular complexity index is 1240. The zero-order chi connectivity index (χ0) is 24.8. The molecule has 4 aliphatic rings. The predicted molar refractivity (Wildman–Crippen MR) is 150 cm³/mol. The molecule has 0 N–H and O–H groups in total. The van der Waals surface area contributed by atoms with Gasteiger partial charge >= 0.3 is 230 Å². The molecule has 3 heteroatoms. The molecule has 0 aromatic heterocycles. The fourth-order valence-corrected chi connectivity index (χ4v) is 13.6. The van der Waals surface area contributed by atoms with Crippen LogP contribution in [0.25, 0.3) is 0 Å². The van der Waals surface area contributed by atoms with Crippen molar-refractivity contribution in [3.63, 3.8) is 0 Å². The molecule has 2 saturated carbocycles. The van der Waals surface area contributed by atoms with Crippen molar-refractivity contribution >= 4 is 3.21 Å². The van der Waals surface area contributed by atoms with Gasteiger partial charge in [0.05, 0.1) is 0 Å². The molecule has 7 atom stereocenters. The van der Waals surface area contributed by atoms with E-state index in [9.17, 15) is 0 Å². The molecule has 0 saturated heterocycles. The van der Waals surface area contributed by atoms with Crippen molar-refractivity contribution in [2.45, 2.75) is 50.6 Å². The van der Waals surface area contributed by atoms with Crippen molar-refractivity contribution in [3.05, 3.63) is 118 Å². The number of benzene rings is 2. The van der Waals surface area contributed by atoms with Gasteiger partial charge in [0.1, 0.15) is 0 Å². The third-order valence-electron chi connectivity index (χ3n) is 10.1. The zero-order valence-electron chi connectivity index (χ0n) is 23.0. The largest absolute Gasteiger partial charge is 1.00 e. The molecule has 197 valence electrons. The molecule has 2 fully saturated rings. The first-order valence-corrected chi connectivity index (χ1v) is 16.7. The average molecular weight is 622 g/mol. The van der Waals surface area contributed by atoms with Crippen LogP contribution in [0.3, 0.4) is 0 Å². The second-order valence-corrected chi connectivity index (χ2v) is 15.2. The molecule has 6 rings (SSSR count). The van der Waals surface area contributed by atoms with Gasteiger partial charge in [0.25, 0.3) is 0 Å². The number of hydrogen-bond acceptors (Lipinski definition) is 0. The summed E-state index contributed by atoms with van der Waals surface area (Å²) in [5.74, 6) is 4.54. The van der Waals surface area contributed by atoms with Crippen LogP contribution in [0.1, 0.15) is 58.1 Å². The minimum Gasteiger partial charge on any atom is -1.00 e. The van der Waals surface area contributed by atoms with Crippen molar-refractivity contribution in [1.82, 2.24) is 0 Å². The first-order valence-electron chi connectivity index (χ1n) is 14.0. The molecule has 0 aliphatic heterocycles. The van der Waals surface area contributed by atoms with Gasteiger partial charge in [-0.1, -0.05) is 0 Å². The fraction of sp³-hybridized carbons (Fsp3) is 0.400. The Morgan fingerprint density at radius 1 is 0.737 bits per heavy atom. The number of allylic oxidation sites excluding steroid dienone is 8. The van der Waals surface area contributed by atoms with Crippen LogP contribution in [-0.2, 0) is 22.8 Å². The Hall–Kier alpha value is -1.27. The summed E-state index contributed by atoms with van der Waals surface area (Å²) in [5.41, 5.74) is 9.58. The van der Waals surface area contributed by atoms with Gasteiger partial charge in [-0.15, -0.1) is 0 Å². The second-order valence-electron chi connectivity index (χ2n) is 11.6. The zero-order valence-corrected chi connectivity index (χ0v) is 27.0. The SMILES string of the molecule is CC1=C(C)C(C)C(C2CCCC3C4C=CC=CC4[CH]([Zr+2]=[C](c4ccccc4)c4ccccc4)C23)=C1C.[Cl-].[Cl-]. The van der Waals surface area contributed by atoms with Gasteiger partial charge in [0.2, 0.25) is 0 Å². The summed E-state index contributed by atoms with van der Waals surface area (Å²) in [4.78, 5) is 0.